The Morgan fingerprint density at radius 1 is 1.03 bits per heavy atom. The Bertz CT molecular complexity index is 1570. The Morgan fingerprint density at radius 3 is 2.56 bits per heavy atom. The van der Waals surface area contributed by atoms with Crippen LogP contribution in [0.5, 0.6) is 0 Å². The van der Waals surface area contributed by atoms with Crippen molar-refractivity contribution < 1.29 is 18.0 Å². The molecule has 0 aliphatic carbocycles. The normalized spacial score (nSPS) is 14.7. The van der Waals surface area contributed by atoms with Gasteiger partial charge in [0, 0.05) is 67.3 Å². The first-order chi connectivity index (χ1) is 18.7. The third-order valence-corrected chi connectivity index (χ3v) is 6.89. The summed E-state index contributed by atoms with van der Waals surface area (Å²) in [4.78, 5) is 24.7. The van der Waals surface area contributed by atoms with Gasteiger partial charge in [0.15, 0.2) is 0 Å². The summed E-state index contributed by atoms with van der Waals surface area (Å²) in [6, 6.07) is 10.7. The number of alkyl halides is 3. The second-order valence-corrected chi connectivity index (χ2v) is 9.86. The number of carbonyl (C=O) groups is 1. The van der Waals surface area contributed by atoms with Gasteiger partial charge in [-0.25, -0.2) is 0 Å². The number of carbonyl (C=O) groups excluding carboxylic acids is 1. The molecule has 0 atom stereocenters. The first kappa shape index (κ1) is 26.5. The summed E-state index contributed by atoms with van der Waals surface area (Å²) in [7, 11) is 2.02. The zero-order chi connectivity index (χ0) is 27.6. The number of rotatable bonds is 4. The number of H-pyrrole nitrogens is 1. The Balaban J connectivity index is 1.38. The Kier molecular flexibility index (Phi) is 7.42. The van der Waals surface area contributed by atoms with Crippen molar-refractivity contribution in [3.05, 3.63) is 94.4 Å². The summed E-state index contributed by atoms with van der Waals surface area (Å²) in [6.07, 6.45) is 0.697. The van der Waals surface area contributed by atoms with E-state index in [4.69, 9.17) is 0 Å². The molecular weight excluding hydrogens is 503 g/mol. The van der Waals surface area contributed by atoms with Gasteiger partial charge in [-0.1, -0.05) is 17.9 Å². The number of anilines is 1. The lowest BCUT2D eigenvalue weighted by Crippen LogP contribution is -2.43. The molecule has 5 rings (SSSR count). The smallest absolute Gasteiger partial charge is 0.360 e. The second-order valence-electron chi connectivity index (χ2n) is 9.86. The maximum Gasteiger partial charge on any atom is 0.416 e. The van der Waals surface area contributed by atoms with Crippen LogP contribution in [0.25, 0.3) is 10.9 Å². The lowest BCUT2D eigenvalue weighted by molar-refractivity contribution is -0.137. The maximum absolute atomic E-state index is 13.7. The van der Waals surface area contributed by atoms with E-state index in [1.807, 2.05) is 26.2 Å². The summed E-state index contributed by atoms with van der Waals surface area (Å²) in [5, 5.41) is 3.61. The Hall–Kier alpha value is -4.13. The summed E-state index contributed by atoms with van der Waals surface area (Å²) < 4.78 is 41.0. The molecule has 0 spiro atoms. The predicted molar refractivity (Wildman–Crippen MR) is 145 cm³/mol. The van der Waals surface area contributed by atoms with E-state index in [1.54, 1.807) is 36.7 Å². The number of aromatic amines is 1. The van der Waals surface area contributed by atoms with Crippen LogP contribution in [0.1, 0.15) is 38.2 Å². The van der Waals surface area contributed by atoms with E-state index in [0.29, 0.717) is 23.2 Å². The molecule has 1 aliphatic heterocycles. The van der Waals surface area contributed by atoms with Crippen molar-refractivity contribution in [1.29, 1.82) is 0 Å². The number of nitrogens with zero attached hydrogens (tertiary/aromatic N) is 3. The van der Waals surface area contributed by atoms with E-state index in [1.165, 1.54) is 0 Å². The fraction of sp³-hybridized carbons (Fsp3) is 0.267. The lowest BCUT2D eigenvalue weighted by Gasteiger charge is -2.32. The molecule has 4 aromatic rings. The molecule has 1 fully saturated rings. The van der Waals surface area contributed by atoms with Gasteiger partial charge in [-0.05, 0) is 61.5 Å². The number of hydrogen-bond donors (Lipinski definition) is 2. The number of aryl methyl sites for hydroxylation is 1. The van der Waals surface area contributed by atoms with Crippen LogP contribution in [0.15, 0.2) is 61.1 Å². The van der Waals surface area contributed by atoms with Gasteiger partial charge < -0.3 is 15.2 Å². The van der Waals surface area contributed by atoms with Crippen molar-refractivity contribution in [3.8, 4) is 11.8 Å². The highest BCUT2D eigenvalue weighted by molar-refractivity contribution is 6.04. The Labute approximate surface area is 224 Å². The van der Waals surface area contributed by atoms with Gasteiger partial charge in [0.1, 0.15) is 0 Å². The molecule has 9 heteroatoms. The van der Waals surface area contributed by atoms with Gasteiger partial charge in [0.25, 0.3) is 5.91 Å². The molecule has 0 radical (unpaired) electrons. The SMILES string of the molecule is Cc1ccc(C(=O)Nc2cc(CN3CCN(C)CC3)cc(C(F)(F)F)c2)cc1C#Cc1cncc2[nH]ccc12. The van der Waals surface area contributed by atoms with E-state index in [0.717, 1.165) is 60.3 Å². The molecule has 1 saturated heterocycles. The molecule has 0 unspecified atom stereocenters. The van der Waals surface area contributed by atoms with E-state index >= 15 is 0 Å². The molecule has 200 valence electrons. The number of amides is 1. The van der Waals surface area contributed by atoms with E-state index in [-0.39, 0.29) is 5.69 Å². The number of halogens is 3. The van der Waals surface area contributed by atoms with Crippen LogP contribution in [0.2, 0.25) is 0 Å². The highest BCUT2D eigenvalue weighted by Crippen LogP contribution is 2.32. The molecule has 0 saturated carbocycles. The van der Waals surface area contributed by atoms with Crippen molar-refractivity contribution in [2.24, 2.45) is 0 Å². The third kappa shape index (κ3) is 6.30. The fourth-order valence-electron chi connectivity index (χ4n) is 4.60. The second kappa shape index (κ2) is 10.9. The van der Waals surface area contributed by atoms with Crippen molar-refractivity contribution in [3.63, 3.8) is 0 Å². The standard InChI is InChI=1S/C30H28F3N5O/c1-20-3-4-23(15-22(20)5-6-24-17-34-18-28-27(24)7-8-35-28)29(39)36-26-14-21(13-25(16-26)30(31,32)33)19-38-11-9-37(2)10-12-38/h3-4,7-8,13-18,35H,9-12,19H2,1-2H3,(H,36,39). The molecule has 1 amide bonds. The number of fused-ring (bicyclic) bond motifs is 1. The highest BCUT2D eigenvalue weighted by Gasteiger charge is 2.31. The number of hydrogen-bond acceptors (Lipinski definition) is 4. The quantitative estimate of drug-likeness (QED) is 0.352. The predicted octanol–water partition coefficient (Wildman–Crippen LogP) is 5.29. The number of likely N-dealkylation sites (N-methyl/N-ethyl adjacent to an activating group) is 1. The van der Waals surface area contributed by atoms with Gasteiger partial charge in [0.2, 0.25) is 0 Å². The molecule has 2 N–H and O–H groups in total. The minimum absolute atomic E-state index is 0.109. The summed E-state index contributed by atoms with van der Waals surface area (Å²) >= 11 is 0. The van der Waals surface area contributed by atoms with Gasteiger partial charge in [-0.2, -0.15) is 13.2 Å². The summed E-state index contributed by atoms with van der Waals surface area (Å²) in [5.41, 5.74) is 3.29. The molecule has 3 heterocycles. The number of aromatic nitrogens is 2. The van der Waals surface area contributed by atoms with Crippen molar-refractivity contribution in [2.45, 2.75) is 19.6 Å². The van der Waals surface area contributed by atoms with Gasteiger partial charge >= 0.3 is 6.18 Å². The van der Waals surface area contributed by atoms with Crippen molar-refractivity contribution in [1.82, 2.24) is 19.8 Å². The Morgan fingerprint density at radius 2 is 1.79 bits per heavy atom. The van der Waals surface area contributed by atoms with Crippen LogP contribution >= 0.6 is 0 Å². The topological polar surface area (TPSA) is 64.3 Å². The number of piperazine rings is 1. The van der Waals surface area contributed by atoms with Gasteiger partial charge in [-0.3, -0.25) is 14.7 Å². The van der Waals surface area contributed by atoms with Crippen LogP contribution in [-0.2, 0) is 12.7 Å². The van der Waals surface area contributed by atoms with Crippen molar-refractivity contribution >= 4 is 22.5 Å². The fourth-order valence-corrected chi connectivity index (χ4v) is 4.60. The summed E-state index contributed by atoms with van der Waals surface area (Å²) in [5.74, 6) is 5.74. The van der Waals surface area contributed by atoms with E-state index in [9.17, 15) is 18.0 Å². The van der Waals surface area contributed by atoms with Crippen molar-refractivity contribution in [2.75, 3.05) is 38.5 Å². The average Bonchev–Trinajstić information content (AvgIpc) is 3.38. The highest BCUT2D eigenvalue weighted by atomic mass is 19.4. The molecular formula is C30H28F3N5O. The molecule has 1 aliphatic rings. The van der Waals surface area contributed by atoms with E-state index < -0.39 is 17.6 Å². The minimum atomic E-state index is -4.53. The zero-order valence-corrected chi connectivity index (χ0v) is 21.7. The molecule has 0 bridgehead atoms. The minimum Gasteiger partial charge on any atom is -0.360 e. The maximum atomic E-state index is 13.7. The van der Waals surface area contributed by atoms with E-state index in [2.05, 4.69) is 36.9 Å². The van der Waals surface area contributed by atoms with Gasteiger partial charge in [-0.15, -0.1) is 0 Å². The van der Waals surface area contributed by atoms with Crippen LogP contribution < -0.4 is 5.32 Å². The molecule has 6 nitrogen and oxygen atoms in total. The largest absolute Gasteiger partial charge is 0.416 e. The van der Waals surface area contributed by atoms with Gasteiger partial charge in [0.05, 0.1) is 22.8 Å². The number of benzene rings is 2. The van der Waals surface area contributed by atoms with Crippen LogP contribution in [0.3, 0.4) is 0 Å². The molecule has 2 aromatic heterocycles. The third-order valence-electron chi connectivity index (χ3n) is 6.89. The first-order valence-electron chi connectivity index (χ1n) is 12.6. The van der Waals surface area contributed by atoms with Crippen LogP contribution in [0.4, 0.5) is 18.9 Å². The van der Waals surface area contributed by atoms with Crippen LogP contribution in [-0.4, -0.2) is 58.9 Å². The first-order valence-corrected chi connectivity index (χ1v) is 12.6. The lowest BCUT2D eigenvalue weighted by atomic mass is 10.0. The number of nitrogens with one attached hydrogen (secondary N) is 2. The summed E-state index contributed by atoms with van der Waals surface area (Å²) in [6.45, 7) is 5.54. The average molecular weight is 532 g/mol. The number of pyridine rings is 1. The molecule has 2 aromatic carbocycles. The molecule has 39 heavy (non-hydrogen) atoms. The monoisotopic (exact) mass is 531 g/mol. The van der Waals surface area contributed by atoms with Crippen LogP contribution in [0, 0.1) is 18.8 Å². The zero-order valence-electron chi connectivity index (χ0n) is 21.7.